The summed E-state index contributed by atoms with van der Waals surface area (Å²) in [4.78, 5) is 108. The van der Waals surface area contributed by atoms with Gasteiger partial charge >= 0.3 is 48.1 Å². The molecular weight excluding hydrogens is 1700 g/mol. The van der Waals surface area contributed by atoms with Crippen LogP contribution in [-0.2, 0) is 93.6 Å². The Morgan fingerprint density at radius 2 is 0.630 bits per heavy atom. The van der Waals surface area contributed by atoms with Crippen molar-refractivity contribution in [3.63, 3.8) is 0 Å². The number of carbonyl (C=O) groups is 9. The van der Waals surface area contributed by atoms with E-state index in [9.17, 15) is 58.5 Å². The van der Waals surface area contributed by atoms with Gasteiger partial charge in [-0.15, -0.1) is 0 Å². The van der Waals surface area contributed by atoms with Crippen molar-refractivity contribution in [3.8, 4) is 40.2 Å². The lowest BCUT2D eigenvalue weighted by Gasteiger charge is -2.30. The molecular formula is C99H109Cl3O25. The van der Waals surface area contributed by atoms with Crippen LogP contribution in [0.15, 0.2) is 184 Å². The normalized spacial score (nSPS) is 19.3. The molecule has 3 fully saturated rings. The Balaban J connectivity index is 0.000000240. The van der Waals surface area contributed by atoms with Crippen molar-refractivity contribution in [2.24, 2.45) is 0 Å². The second kappa shape index (κ2) is 46.9. The highest BCUT2D eigenvalue weighted by molar-refractivity contribution is 6.76. The number of phenolic OH excluding ortho intramolecular Hbond substituents is 2. The number of benzene rings is 7. The average molecular weight is 1810 g/mol. The number of aliphatic hydroxyl groups is 1. The van der Waals surface area contributed by atoms with Crippen LogP contribution in [0.4, 0.5) is 9.59 Å². The molecule has 28 heteroatoms. The first-order valence-electron chi connectivity index (χ1n) is 43.3. The zero-order valence-electron chi connectivity index (χ0n) is 71.3. The highest BCUT2D eigenvalue weighted by Gasteiger charge is 2.51. The molecule has 0 amide bonds. The van der Waals surface area contributed by atoms with Crippen molar-refractivity contribution >= 4 is 88.7 Å². The van der Waals surface area contributed by atoms with Gasteiger partial charge in [-0.3, -0.25) is 4.79 Å². The van der Waals surface area contributed by atoms with Gasteiger partial charge < -0.3 is 76.9 Å². The van der Waals surface area contributed by atoms with Crippen LogP contribution >= 0.6 is 34.8 Å². The van der Waals surface area contributed by atoms with Gasteiger partial charge in [0.1, 0.15) is 70.8 Å². The zero-order chi connectivity index (χ0) is 90.5. The molecule has 7 aromatic rings. The molecule has 0 radical (unpaired) electrons. The predicted octanol–water partition coefficient (Wildman–Crippen LogP) is 19.3. The molecule has 3 N–H and O–H groups in total. The summed E-state index contributed by atoms with van der Waals surface area (Å²) < 4.78 is 71.0. The number of aryl methyl sites for hydroxylation is 4. The van der Waals surface area contributed by atoms with E-state index in [1.54, 1.807) is 97.1 Å². The van der Waals surface area contributed by atoms with Crippen molar-refractivity contribution in [2.45, 2.75) is 225 Å². The van der Waals surface area contributed by atoms with Gasteiger partial charge in [0, 0.05) is 51.3 Å². The third-order valence-electron chi connectivity index (χ3n) is 23.6. The molecule has 0 heterocycles. The van der Waals surface area contributed by atoms with Gasteiger partial charge in [-0.2, -0.15) is 0 Å². The highest BCUT2D eigenvalue weighted by atomic mass is 35.6. The van der Waals surface area contributed by atoms with E-state index < -0.39 is 69.4 Å². The van der Waals surface area contributed by atoms with Gasteiger partial charge in [-0.1, -0.05) is 103 Å². The largest absolute Gasteiger partial charge is 0.514 e. The Bertz CT molecular complexity index is 4710. The van der Waals surface area contributed by atoms with Crippen LogP contribution < -0.4 is 23.7 Å². The van der Waals surface area contributed by atoms with E-state index in [0.717, 1.165) is 109 Å². The van der Waals surface area contributed by atoms with E-state index in [4.69, 9.17) is 96.4 Å². The minimum absolute atomic E-state index is 0.114. The quantitative estimate of drug-likeness (QED) is 0.00907. The first-order chi connectivity index (χ1) is 61.2. The zero-order valence-corrected chi connectivity index (χ0v) is 73.5. The number of carbonyl (C=O) groups excluding carboxylic acids is 9. The number of aromatic hydroxyl groups is 2. The molecule has 7 aliphatic carbocycles. The Morgan fingerprint density at radius 3 is 0.921 bits per heavy atom. The number of hydrogen-bond acceptors (Lipinski definition) is 25. The maximum Gasteiger partial charge on any atom is 0.514 e. The van der Waals surface area contributed by atoms with Crippen LogP contribution in [0.25, 0.3) is 0 Å². The second-order valence-electron chi connectivity index (χ2n) is 32.2. The van der Waals surface area contributed by atoms with Crippen LogP contribution in [0.3, 0.4) is 0 Å². The van der Waals surface area contributed by atoms with Crippen LogP contribution in [0.2, 0.25) is 0 Å². The van der Waals surface area contributed by atoms with Crippen molar-refractivity contribution in [1.29, 1.82) is 0 Å². The highest BCUT2D eigenvalue weighted by Crippen LogP contribution is 2.59. The number of hydrogen-bond donors (Lipinski definition) is 3. The van der Waals surface area contributed by atoms with Gasteiger partial charge in [0.05, 0.1) is 62.4 Å². The molecule has 2 spiro atoms. The van der Waals surface area contributed by atoms with E-state index in [1.165, 1.54) is 18.1 Å². The number of esters is 6. The Morgan fingerprint density at radius 1 is 0.370 bits per heavy atom. The summed E-state index contributed by atoms with van der Waals surface area (Å²) in [5.74, 6) is 0.453. The SMILES string of the molecule is C=CC(=O)OCCCCOc1ccc(C(=O)OC2CCC(O)CC2)cc1.C=CC(=O)OCCCCOc1ccc(C(=O)OC2CCC(OC(=O)Oc3cccc4c3C3(CC4)CCc4cccc(OC(=O)OC5CCC(OC(=O)c6ccc(OCCCCOC(=O)C=C)cc6)CC5)c43)CC2)cc1.CC(=O)C(Cl)(Cl)Cl.Oc1cccc2c1C1(CC2)CCc2cccc(O)c21. The first kappa shape index (κ1) is 96.3. The maximum absolute atomic E-state index is 13.5. The predicted molar refractivity (Wildman–Crippen MR) is 473 cm³/mol. The summed E-state index contributed by atoms with van der Waals surface area (Å²) in [5, 5.41) is 30.1. The van der Waals surface area contributed by atoms with Gasteiger partial charge in [0.2, 0.25) is 3.79 Å². The van der Waals surface area contributed by atoms with Crippen molar-refractivity contribution in [3.05, 3.63) is 245 Å². The summed E-state index contributed by atoms with van der Waals surface area (Å²) in [6.45, 7) is 13.6. The molecule has 0 bridgehead atoms. The first-order valence-corrected chi connectivity index (χ1v) is 44.5. The number of Topliss-reactive ketones (excluding diaryl/α,β-unsaturated/α-hetero) is 1. The Hall–Kier alpha value is -11.4. The number of ketones is 1. The van der Waals surface area contributed by atoms with E-state index in [0.29, 0.717) is 206 Å². The third-order valence-corrected chi connectivity index (χ3v) is 24.4. The lowest BCUT2D eigenvalue weighted by atomic mass is 9.76. The van der Waals surface area contributed by atoms with Gasteiger partial charge in [-0.25, -0.2) is 38.4 Å². The number of fused-ring (bicyclic) bond motifs is 8. The molecule has 0 unspecified atom stereocenters. The number of aliphatic hydroxyl groups excluding tert-OH is 1. The van der Waals surface area contributed by atoms with E-state index in [-0.39, 0.29) is 35.8 Å². The van der Waals surface area contributed by atoms with Gasteiger partial charge in [0.15, 0.2) is 5.78 Å². The van der Waals surface area contributed by atoms with Crippen LogP contribution in [0.5, 0.6) is 40.2 Å². The van der Waals surface area contributed by atoms with Crippen LogP contribution in [-0.4, -0.2) is 149 Å². The van der Waals surface area contributed by atoms with Crippen molar-refractivity contribution < 1.29 is 120 Å². The minimum atomic E-state index is -1.72. The average Bonchev–Trinajstić information content (AvgIpc) is 1.56. The maximum atomic E-state index is 13.5. The summed E-state index contributed by atoms with van der Waals surface area (Å²) in [5.41, 5.74) is 8.99. The topological polar surface area (TPSA) is 334 Å². The fourth-order valence-electron chi connectivity index (χ4n) is 17.2. The van der Waals surface area contributed by atoms with Crippen LogP contribution in [0.1, 0.15) is 224 Å². The number of alkyl halides is 3. The monoisotopic (exact) mass is 1800 g/mol. The van der Waals surface area contributed by atoms with E-state index >= 15 is 0 Å². The fraction of sp³-hybridized carbons (Fsp3) is 0.424. The summed E-state index contributed by atoms with van der Waals surface area (Å²) in [6.07, 6.45) is 17.8. The van der Waals surface area contributed by atoms with Crippen LogP contribution in [0, 0.1) is 0 Å². The number of halogens is 3. The van der Waals surface area contributed by atoms with Crippen molar-refractivity contribution in [2.75, 3.05) is 39.6 Å². The molecule has 676 valence electrons. The molecule has 7 aromatic carbocycles. The molecule has 25 nitrogen and oxygen atoms in total. The second-order valence-corrected chi connectivity index (χ2v) is 34.4. The number of phenols is 2. The molecule has 14 rings (SSSR count). The lowest BCUT2D eigenvalue weighted by molar-refractivity contribution is -0.138. The number of unbranched alkanes of at least 4 members (excludes halogenated alkanes) is 3. The van der Waals surface area contributed by atoms with E-state index in [1.807, 2.05) is 36.4 Å². The Kier molecular flexibility index (Phi) is 35.5. The molecule has 0 aliphatic heterocycles. The number of rotatable bonds is 31. The standard InChI is InChI=1S/C59H64O16.C20H26O6.C17H16O2.C3H3Cl3O/c1-3-51(60)68-37-7-5-35-66-43-19-15-41(16-20-43)55(62)70-45-23-27-47(28-24-45)72-57(64)74-49-13-9-11-39-31-33-59(53(39)49)34-32-40-12-10-14-50(54(40)59)75-58(65)73-48-29-25-46(26-30-48)71-56(63)42-17-21-44(22-18-42)67-36-6-8-38-69-52(61)4-2;1-2-19(22)25-14-4-3-13-24-17-9-5-15(6-10-17)20(23)26-18-11-7-16(21)8-12-18;18-13-5-1-3-11-7-9-17(15(11)13)10-8-12-4-2-6-14(19)16(12)17;1-2(7)3(4,5)6/h3-4,9-22,45-48H,1-2,5-8,23-38H2;2,5-6,9-10,16,18,21H,1,3-4,7-8,11-14H2;1-6,18-19H,7-10H2;1H3. The molecule has 3 saturated carbocycles. The van der Waals surface area contributed by atoms with Gasteiger partial charge in [0.25, 0.3) is 0 Å². The molecule has 0 saturated heterocycles. The molecule has 127 heavy (non-hydrogen) atoms. The smallest absolute Gasteiger partial charge is 0.508 e. The van der Waals surface area contributed by atoms with Gasteiger partial charge in [-0.05, 0) is 293 Å². The minimum Gasteiger partial charge on any atom is -0.508 e. The Labute approximate surface area is 754 Å². The fourth-order valence-corrected chi connectivity index (χ4v) is 17.2. The number of ether oxygens (including phenoxy) is 13. The molecule has 0 aromatic heterocycles. The lowest BCUT2D eigenvalue weighted by Crippen LogP contribution is -2.31. The molecule has 7 aliphatic rings. The van der Waals surface area contributed by atoms with Crippen molar-refractivity contribution in [1.82, 2.24) is 0 Å². The molecule has 0 atom stereocenters. The third kappa shape index (κ3) is 27.1. The summed E-state index contributed by atoms with van der Waals surface area (Å²) >= 11 is 15.1. The summed E-state index contributed by atoms with van der Waals surface area (Å²) in [6, 6.07) is 43.2. The van der Waals surface area contributed by atoms with E-state index in [2.05, 4.69) is 31.9 Å². The summed E-state index contributed by atoms with van der Waals surface area (Å²) in [7, 11) is 0.